The summed E-state index contributed by atoms with van der Waals surface area (Å²) < 4.78 is 53.0. The van der Waals surface area contributed by atoms with Gasteiger partial charge in [-0.15, -0.1) is 0 Å². The molecule has 18 rings (SSSR count). The Hall–Kier alpha value is -12.9. The summed E-state index contributed by atoms with van der Waals surface area (Å²) >= 11 is 38.2. The zero-order chi connectivity index (χ0) is 97.4. The molecule has 135 heavy (non-hydrogen) atoms. The van der Waals surface area contributed by atoms with Crippen LogP contribution in [0.4, 0.5) is 41.6 Å². The molecule has 0 bridgehead atoms. The zero-order valence-corrected chi connectivity index (χ0v) is 80.1. The SMILES string of the molecule is C=CC(=O)N1CC2C(=O)N(C)c3c(c4cc(F)c(-c5cc(O)cc(Cl)c5Cl)nc4n(-c4c(C)ccnc4C(C)C)c3=O)N2CC1C.C=CC(=O)N1CC2C(=O)Nc3c(c4cc(F)c(-c5cc(O)cc(Cl)c5Cl)nc4n(-c4c(C)ccnc4C(C)C)c3=O)N2CC1C.C=CC(=O)N1CC2CCc3c(c4cc(F)c(-c5cc(O)cc(Cl)c5Cl)nc4n(-c4c(C)ccnc4C(C)C)c3=O)N2CC1C. The summed E-state index contributed by atoms with van der Waals surface area (Å²) in [6.07, 6.45) is 9.81. The Balaban J connectivity index is 0.000000147. The molecule has 15 heterocycles. The van der Waals surface area contributed by atoms with E-state index < -0.39 is 46.6 Å². The van der Waals surface area contributed by atoms with E-state index in [1.807, 2.05) is 89.2 Å². The maximum atomic E-state index is 16.3. The number of carbonyl (C=O) groups excluding carboxylic acids is 5. The topological polar surface area (TPSA) is 324 Å². The fourth-order valence-corrected chi connectivity index (χ4v) is 20.5. The number of amides is 5. The highest BCUT2D eigenvalue weighted by atomic mass is 35.5. The summed E-state index contributed by atoms with van der Waals surface area (Å²) in [6, 6.07) is 14.1. The van der Waals surface area contributed by atoms with Crippen LogP contribution in [0.5, 0.6) is 17.2 Å². The van der Waals surface area contributed by atoms with Crippen LogP contribution in [0.15, 0.2) is 144 Å². The van der Waals surface area contributed by atoms with Crippen molar-refractivity contribution < 1.29 is 52.5 Å². The average Bonchev–Trinajstić information content (AvgIpc) is 0.694. The van der Waals surface area contributed by atoms with Crippen LogP contribution in [0, 0.1) is 38.2 Å². The lowest BCUT2D eigenvalue weighted by molar-refractivity contribution is -0.132. The number of hydrogen-bond donors (Lipinski definition) is 4. The van der Waals surface area contributed by atoms with Crippen molar-refractivity contribution in [2.45, 2.75) is 150 Å². The van der Waals surface area contributed by atoms with Gasteiger partial charge in [-0.2, -0.15) is 0 Å². The number of nitrogens with one attached hydrogen (secondary N) is 1. The molecule has 12 aromatic rings. The fraction of sp³-hybridized carbons (Fsp3) is 0.306. The molecule has 4 N–H and O–H groups in total. The molecule has 5 amide bonds. The number of halogens is 9. The molecule has 3 fully saturated rings. The first-order chi connectivity index (χ1) is 64.0. The van der Waals surface area contributed by atoms with Crippen molar-refractivity contribution in [3.63, 3.8) is 0 Å². The highest BCUT2D eigenvalue weighted by Crippen LogP contribution is 2.50. The van der Waals surface area contributed by atoms with Crippen LogP contribution in [0.1, 0.15) is 126 Å². The minimum atomic E-state index is -0.857. The van der Waals surface area contributed by atoms with Gasteiger partial charge in [0.1, 0.15) is 80.9 Å². The second kappa shape index (κ2) is 36.7. The first-order valence-corrected chi connectivity index (χ1v) is 45.8. The van der Waals surface area contributed by atoms with Gasteiger partial charge >= 0.3 is 0 Å². The van der Waals surface area contributed by atoms with Crippen molar-refractivity contribution in [2.24, 2.45) is 0 Å². The Labute approximate surface area is 802 Å². The van der Waals surface area contributed by atoms with Crippen molar-refractivity contribution in [3.8, 4) is 68.1 Å². The standard InChI is InChI=1S/C33H31Cl2FN6O4.C33H32Cl2FN5O3.C32H29Cl2FN6O4/c1-7-24(44)40-14-23-32(45)39(6)30-29(41(23)13-17(40)5)20-12-22(36)27(19-10-18(43)11-21(34)25(19)35)38-31(20)42(33(30)46)28-16(4)8-9-37-26(28)15(2)3;1-6-26(43)39-15-19-7-8-21-31(40(19)14-18(39)5)23-13-25(36)29(22-11-20(42)12-24(34)27(22)35)38-32(23)41(33(21)44)30-17(4)9-10-37-28(30)16(2)3;1-6-23(43)39-13-22-31(44)38-27-29(40(22)12-16(39)5)19-11-21(35)26(18-9-17(42)10-20(33)24(18)34)37-30(19)41(32(27)45)28-15(4)7-8-36-25(28)14(2)3/h7-12,15,17,23,43H,1,13-14H2,2-6H3;6,9-13,16,18-19,42H,1,7-8,14-15H2,2-5H3;6-11,14,16,22,42H,1,12-13H2,2-5H3,(H,38,44). The van der Waals surface area contributed by atoms with Gasteiger partial charge in [-0.1, -0.05) is 131 Å². The predicted octanol–water partition coefficient (Wildman–Crippen LogP) is 17.7. The van der Waals surface area contributed by atoms with Gasteiger partial charge in [-0.05, 0) is 162 Å². The lowest BCUT2D eigenvalue weighted by atomic mass is 9.91. The third-order valence-corrected chi connectivity index (χ3v) is 28.1. The summed E-state index contributed by atoms with van der Waals surface area (Å²) in [5, 5.41) is 34.6. The van der Waals surface area contributed by atoms with Gasteiger partial charge in [-0.25, -0.2) is 28.1 Å². The lowest BCUT2D eigenvalue weighted by Crippen LogP contribution is -2.66. The Bertz CT molecular complexity index is 7340. The number of aromatic nitrogens is 9. The van der Waals surface area contributed by atoms with Crippen LogP contribution in [0.2, 0.25) is 30.1 Å². The molecular weight excluding hydrogens is 1860 g/mol. The Morgan fingerprint density at radius 2 is 0.800 bits per heavy atom. The Morgan fingerprint density at radius 3 is 1.19 bits per heavy atom. The van der Waals surface area contributed by atoms with Crippen LogP contribution in [0.25, 0.3) is 83.9 Å². The molecule has 6 unspecified atom stereocenters. The van der Waals surface area contributed by atoms with E-state index in [-0.39, 0.29) is 218 Å². The predicted molar refractivity (Wildman–Crippen MR) is 521 cm³/mol. The van der Waals surface area contributed by atoms with Crippen LogP contribution < -0.4 is 41.6 Å². The van der Waals surface area contributed by atoms with E-state index in [0.29, 0.717) is 99.2 Å². The van der Waals surface area contributed by atoms with Crippen LogP contribution >= 0.6 is 69.6 Å². The Kier molecular flexibility index (Phi) is 25.9. The molecule has 0 aliphatic carbocycles. The number of anilines is 5. The number of likely N-dealkylation sites (N-methyl/N-ethyl adjacent to an activating group) is 1. The van der Waals surface area contributed by atoms with E-state index in [0.717, 1.165) is 5.56 Å². The maximum Gasteiger partial charge on any atom is 0.283 e. The minimum absolute atomic E-state index is 0.00472. The van der Waals surface area contributed by atoms with E-state index in [2.05, 4.69) is 44.9 Å². The molecule has 0 radical (unpaired) electrons. The van der Waals surface area contributed by atoms with Gasteiger partial charge in [-0.3, -0.25) is 67.0 Å². The van der Waals surface area contributed by atoms with Crippen molar-refractivity contribution in [1.82, 2.24) is 58.3 Å². The third-order valence-electron chi connectivity index (χ3n) is 25.7. The average molecular weight is 1950 g/mol. The molecule has 37 heteroatoms. The first-order valence-electron chi connectivity index (χ1n) is 43.5. The quantitative estimate of drug-likeness (QED) is 0.0826. The van der Waals surface area contributed by atoms with E-state index in [1.165, 1.54) is 93.9 Å². The van der Waals surface area contributed by atoms with Crippen LogP contribution in [-0.2, 0) is 30.4 Å². The smallest absolute Gasteiger partial charge is 0.283 e. The summed E-state index contributed by atoms with van der Waals surface area (Å²) in [4.78, 5) is 149. The van der Waals surface area contributed by atoms with E-state index in [1.54, 1.807) is 59.8 Å². The fourth-order valence-electron chi connectivity index (χ4n) is 19.2. The van der Waals surface area contributed by atoms with Crippen LogP contribution in [0.3, 0.4) is 0 Å². The monoisotopic (exact) mass is 1950 g/mol. The number of piperazine rings is 3. The Morgan fingerprint density at radius 1 is 0.452 bits per heavy atom. The maximum absolute atomic E-state index is 16.3. The number of aromatic hydroxyl groups is 3. The molecule has 698 valence electrons. The molecule has 6 aliphatic heterocycles. The summed E-state index contributed by atoms with van der Waals surface area (Å²) in [7, 11) is 1.50. The number of pyridine rings is 9. The molecule has 6 aliphatic rings. The normalized spacial score (nSPS) is 17.9. The van der Waals surface area contributed by atoms with Gasteiger partial charge in [0.25, 0.3) is 22.6 Å². The number of phenolic OH excluding ortho intramolecular Hbond substituents is 3. The molecule has 9 aromatic heterocycles. The molecule has 0 spiro atoms. The number of benzene rings is 3. The van der Waals surface area contributed by atoms with Gasteiger partial charge in [0.15, 0.2) is 11.3 Å². The van der Waals surface area contributed by atoms with Gasteiger partial charge in [0.05, 0.1) is 94.4 Å². The van der Waals surface area contributed by atoms with Gasteiger partial charge in [0, 0.05) is 133 Å². The number of phenols is 3. The number of aryl methyl sites for hydroxylation is 3. The molecule has 6 atom stereocenters. The molecular formula is C98H92Cl6F3N17O11. The number of fused-ring (bicyclic) bond motifs is 15. The number of nitrogens with zero attached hydrogens (tertiary/aromatic N) is 16. The van der Waals surface area contributed by atoms with E-state index >= 15 is 13.2 Å². The first kappa shape index (κ1) is 95.3. The molecule has 28 nitrogen and oxygen atoms in total. The largest absolute Gasteiger partial charge is 0.508 e. The molecule has 3 saturated heterocycles. The highest BCUT2D eigenvalue weighted by molar-refractivity contribution is 6.45. The van der Waals surface area contributed by atoms with Gasteiger partial charge in [0.2, 0.25) is 23.6 Å². The van der Waals surface area contributed by atoms with Gasteiger partial charge < -0.3 is 54.9 Å². The van der Waals surface area contributed by atoms with Crippen molar-refractivity contribution in [3.05, 3.63) is 247 Å². The summed E-state index contributed by atoms with van der Waals surface area (Å²) in [5.74, 6) is -4.88. The molecule has 3 aromatic carbocycles. The lowest BCUT2D eigenvalue weighted by Gasteiger charge is -2.49. The van der Waals surface area contributed by atoms with E-state index in [9.17, 15) is 53.7 Å². The highest BCUT2D eigenvalue weighted by Gasteiger charge is 2.49. The number of rotatable bonds is 12. The molecule has 0 saturated carbocycles. The summed E-state index contributed by atoms with van der Waals surface area (Å²) in [6.45, 7) is 35.1. The second-order valence-electron chi connectivity index (χ2n) is 35.4. The number of carbonyl (C=O) groups is 5. The van der Waals surface area contributed by atoms with Crippen LogP contribution in [-0.4, -0.2) is 186 Å². The summed E-state index contributed by atoms with van der Waals surface area (Å²) in [5.41, 5.74) is 5.98. The second-order valence-corrected chi connectivity index (χ2v) is 37.7. The van der Waals surface area contributed by atoms with Crippen molar-refractivity contribution in [2.75, 3.05) is 71.2 Å². The third kappa shape index (κ3) is 16.4. The number of hydrogen-bond acceptors (Lipinski definition) is 20. The van der Waals surface area contributed by atoms with E-state index in [4.69, 9.17) is 84.6 Å². The zero-order valence-electron chi connectivity index (χ0n) is 75.5. The van der Waals surface area contributed by atoms with Crippen molar-refractivity contribution >= 4 is 161 Å². The van der Waals surface area contributed by atoms with Crippen molar-refractivity contribution in [1.29, 1.82) is 0 Å². The minimum Gasteiger partial charge on any atom is -0.508 e.